The van der Waals surface area contributed by atoms with E-state index in [1.807, 2.05) is 50.2 Å². The van der Waals surface area contributed by atoms with Gasteiger partial charge in [0.05, 0.1) is 12.8 Å². The Morgan fingerprint density at radius 2 is 2.16 bits per heavy atom. The number of rotatable bonds is 9. The van der Waals surface area contributed by atoms with Crippen LogP contribution in [-0.4, -0.2) is 43.4 Å². The summed E-state index contributed by atoms with van der Waals surface area (Å²) >= 11 is 0. The van der Waals surface area contributed by atoms with Crippen LogP contribution in [0.5, 0.6) is 5.75 Å². The molecule has 2 aromatic rings. The number of hydrogen-bond acceptors (Lipinski definition) is 4. The summed E-state index contributed by atoms with van der Waals surface area (Å²) < 4.78 is 10.9. The number of hydrogen-bond donors (Lipinski definition) is 3. The highest BCUT2D eigenvalue weighted by Gasteiger charge is 2.06. The molecule has 0 aliphatic carbocycles. The van der Waals surface area contributed by atoms with Crippen molar-refractivity contribution >= 4 is 5.96 Å². The lowest BCUT2D eigenvalue weighted by atomic mass is 10.2. The predicted octanol–water partition coefficient (Wildman–Crippen LogP) is 2.13. The Hall–Kier alpha value is -2.47. The van der Waals surface area contributed by atoms with Gasteiger partial charge in [-0.3, -0.25) is 4.99 Å². The van der Waals surface area contributed by atoms with E-state index in [9.17, 15) is 5.11 Å². The summed E-state index contributed by atoms with van der Waals surface area (Å²) in [5.41, 5.74) is 1.13. The number of nitrogens with one attached hydrogen (secondary N) is 2. The average molecular weight is 345 g/mol. The lowest BCUT2D eigenvalue weighted by molar-refractivity contribution is 0.114. The molecule has 0 spiro atoms. The van der Waals surface area contributed by atoms with Crippen LogP contribution in [0.1, 0.15) is 18.2 Å². The smallest absolute Gasteiger partial charge is 0.191 e. The fraction of sp³-hybridized carbons (Fsp3) is 0.421. The molecule has 1 atom stereocenters. The molecule has 1 heterocycles. The van der Waals surface area contributed by atoms with Crippen LogP contribution in [0, 0.1) is 6.92 Å². The van der Waals surface area contributed by atoms with Crippen LogP contribution in [-0.2, 0) is 6.42 Å². The largest absolute Gasteiger partial charge is 0.491 e. The molecule has 136 valence electrons. The monoisotopic (exact) mass is 345 g/mol. The fourth-order valence-corrected chi connectivity index (χ4v) is 2.25. The minimum absolute atomic E-state index is 0.207. The van der Waals surface area contributed by atoms with Gasteiger partial charge >= 0.3 is 0 Å². The van der Waals surface area contributed by atoms with Crippen molar-refractivity contribution < 1.29 is 14.3 Å². The molecule has 25 heavy (non-hydrogen) atoms. The molecule has 6 heteroatoms. The minimum atomic E-state index is -0.666. The van der Waals surface area contributed by atoms with Gasteiger partial charge in [0.15, 0.2) is 5.96 Å². The summed E-state index contributed by atoms with van der Waals surface area (Å²) in [7, 11) is 0. The molecule has 0 radical (unpaired) electrons. The number of guanidine groups is 1. The number of nitrogens with zero attached hydrogens (tertiary/aromatic N) is 1. The molecule has 0 saturated carbocycles. The van der Waals surface area contributed by atoms with Crippen molar-refractivity contribution in [2.24, 2.45) is 4.99 Å². The maximum atomic E-state index is 10.1. The highest BCUT2D eigenvalue weighted by atomic mass is 16.5. The molecule has 0 bridgehead atoms. The van der Waals surface area contributed by atoms with Gasteiger partial charge in [0.1, 0.15) is 24.2 Å². The molecule has 0 amide bonds. The third-order valence-corrected chi connectivity index (χ3v) is 3.48. The van der Waals surface area contributed by atoms with Crippen LogP contribution < -0.4 is 15.4 Å². The van der Waals surface area contributed by atoms with Gasteiger partial charge in [-0.15, -0.1) is 0 Å². The molecule has 0 saturated heterocycles. The quantitative estimate of drug-likeness (QED) is 0.479. The summed E-state index contributed by atoms with van der Waals surface area (Å²) in [6.45, 7) is 5.93. The van der Waals surface area contributed by atoms with E-state index in [0.29, 0.717) is 12.5 Å². The highest BCUT2D eigenvalue weighted by Crippen LogP contribution is 2.12. The number of benzene rings is 1. The summed E-state index contributed by atoms with van der Waals surface area (Å²) in [4.78, 5) is 4.40. The standard InChI is InChI=1S/C19H27N3O3/c1-3-20-19(21-10-9-17-8-5-11-24-17)22-13-16(23)14-25-18-7-4-6-15(2)12-18/h4-8,11-12,16,23H,3,9-10,13-14H2,1-2H3,(H2,20,21,22). The van der Waals surface area contributed by atoms with Crippen LogP contribution in [0.15, 0.2) is 52.1 Å². The lowest BCUT2D eigenvalue weighted by Gasteiger charge is -2.13. The van der Waals surface area contributed by atoms with E-state index in [-0.39, 0.29) is 13.2 Å². The first-order chi connectivity index (χ1) is 12.2. The third-order valence-electron chi connectivity index (χ3n) is 3.48. The number of aryl methyl sites for hydroxylation is 1. The summed E-state index contributed by atoms with van der Waals surface area (Å²) in [6, 6.07) is 11.6. The van der Waals surface area contributed by atoms with Gasteiger partial charge in [0.25, 0.3) is 0 Å². The van der Waals surface area contributed by atoms with E-state index >= 15 is 0 Å². The summed E-state index contributed by atoms with van der Waals surface area (Å²) in [5, 5.41) is 16.4. The van der Waals surface area contributed by atoms with Gasteiger partial charge in [-0.2, -0.15) is 0 Å². The number of aliphatic hydroxyl groups excluding tert-OH is 1. The SMILES string of the molecule is CCNC(=NCC(O)COc1cccc(C)c1)NCCc1ccco1. The van der Waals surface area contributed by atoms with Crippen LogP contribution in [0.2, 0.25) is 0 Å². The van der Waals surface area contributed by atoms with Gasteiger partial charge in [-0.05, 0) is 43.7 Å². The Balaban J connectivity index is 1.74. The fourth-order valence-electron chi connectivity index (χ4n) is 2.25. The second-order valence-corrected chi connectivity index (χ2v) is 5.76. The van der Waals surface area contributed by atoms with Crippen LogP contribution >= 0.6 is 0 Å². The molecular weight excluding hydrogens is 318 g/mol. The van der Waals surface area contributed by atoms with E-state index < -0.39 is 6.10 Å². The Kier molecular flexibility index (Phi) is 7.85. The number of aliphatic imine (C=N–C) groups is 1. The normalized spacial score (nSPS) is 12.7. The van der Waals surface area contributed by atoms with Crippen molar-refractivity contribution in [3.63, 3.8) is 0 Å². The zero-order chi connectivity index (χ0) is 17.9. The van der Waals surface area contributed by atoms with E-state index in [2.05, 4.69) is 15.6 Å². The van der Waals surface area contributed by atoms with Crippen LogP contribution in [0.3, 0.4) is 0 Å². The first-order valence-corrected chi connectivity index (χ1v) is 8.59. The zero-order valence-corrected chi connectivity index (χ0v) is 14.9. The molecule has 0 aliphatic rings. The summed E-state index contributed by atoms with van der Waals surface area (Å²) in [6.07, 6.45) is 1.77. The van der Waals surface area contributed by atoms with Crippen molar-refractivity contribution in [1.82, 2.24) is 10.6 Å². The van der Waals surface area contributed by atoms with E-state index in [1.165, 1.54) is 0 Å². The molecule has 0 fully saturated rings. The highest BCUT2D eigenvalue weighted by molar-refractivity contribution is 5.79. The molecule has 1 aromatic carbocycles. The molecule has 1 aromatic heterocycles. The first-order valence-electron chi connectivity index (χ1n) is 8.59. The van der Waals surface area contributed by atoms with E-state index in [4.69, 9.17) is 9.15 Å². The van der Waals surface area contributed by atoms with E-state index in [0.717, 1.165) is 30.0 Å². The van der Waals surface area contributed by atoms with Crippen LogP contribution in [0.25, 0.3) is 0 Å². The van der Waals surface area contributed by atoms with Crippen molar-refractivity contribution in [2.45, 2.75) is 26.4 Å². The lowest BCUT2D eigenvalue weighted by Crippen LogP contribution is -2.39. The van der Waals surface area contributed by atoms with Crippen molar-refractivity contribution in [2.75, 3.05) is 26.2 Å². The van der Waals surface area contributed by atoms with Crippen molar-refractivity contribution in [3.8, 4) is 5.75 Å². The minimum Gasteiger partial charge on any atom is -0.491 e. The average Bonchev–Trinajstić information content (AvgIpc) is 3.11. The number of furan rings is 1. The Morgan fingerprint density at radius 1 is 1.28 bits per heavy atom. The first kappa shape index (κ1) is 18.9. The predicted molar refractivity (Wildman–Crippen MR) is 99.1 cm³/mol. The second-order valence-electron chi connectivity index (χ2n) is 5.76. The van der Waals surface area contributed by atoms with Gasteiger partial charge < -0.3 is 24.9 Å². The number of ether oxygens (including phenoxy) is 1. The summed E-state index contributed by atoms with van der Waals surface area (Å²) in [5.74, 6) is 2.35. The Bertz CT molecular complexity index is 641. The van der Waals surface area contributed by atoms with Crippen molar-refractivity contribution in [1.29, 1.82) is 0 Å². The van der Waals surface area contributed by atoms with Crippen molar-refractivity contribution in [3.05, 3.63) is 54.0 Å². The second kappa shape index (κ2) is 10.4. The molecule has 1 unspecified atom stereocenters. The maximum Gasteiger partial charge on any atom is 0.191 e. The molecule has 0 aliphatic heterocycles. The topological polar surface area (TPSA) is 79.0 Å². The van der Waals surface area contributed by atoms with Crippen LogP contribution in [0.4, 0.5) is 0 Å². The molecule has 2 rings (SSSR count). The van der Waals surface area contributed by atoms with E-state index in [1.54, 1.807) is 6.26 Å². The molecular formula is C19H27N3O3. The van der Waals surface area contributed by atoms with Gasteiger partial charge in [0.2, 0.25) is 0 Å². The number of aliphatic hydroxyl groups is 1. The third kappa shape index (κ3) is 7.30. The van der Waals surface area contributed by atoms with Gasteiger partial charge in [-0.1, -0.05) is 12.1 Å². The Morgan fingerprint density at radius 3 is 2.88 bits per heavy atom. The molecule has 6 nitrogen and oxygen atoms in total. The molecule has 3 N–H and O–H groups in total. The maximum absolute atomic E-state index is 10.1. The van der Waals surface area contributed by atoms with Gasteiger partial charge in [0, 0.05) is 19.5 Å². The zero-order valence-electron chi connectivity index (χ0n) is 14.9. The Labute approximate surface area is 148 Å². The van der Waals surface area contributed by atoms with Gasteiger partial charge in [-0.25, -0.2) is 0 Å².